The number of imidazole rings is 1. The normalized spacial score (nSPS) is 16.4. The maximum absolute atomic E-state index is 12.5. The zero-order valence-electron chi connectivity index (χ0n) is 12.9. The van der Waals surface area contributed by atoms with Crippen molar-refractivity contribution >= 4 is 5.91 Å². The van der Waals surface area contributed by atoms with E-state index in [1.54, 1.807) is 0 Å². The van der Waals surface area contributed by atoms with Gasteiger partial charge in [0.1, 0.15) is 5.69 Å². The molecular formula is C15H25N3O. The number of hydrogen-bond donors (Lipinski definition) is 0. The van der Waals surface area contributed by atoms with Gasteiger partial charge in [0.25, 0.3) is 5.91 Å². The summed E-state index contributed by atoms with van der Waals surface area (Å²) >= 11 is 0. The Hall–Kier alpha value is -1.32. The molecule has 0 saturated carbocycles. The molecule has 1 amide bonds. The molecule has 4 heteroatoms. The molecule has 0 aromatic carbocycles. The average Bonchev–Trinajstić information content (AvgIpc) is 2.56. The molecule has 2 rings (SSSR count). The number of amides is 1. The van der Waals surface area contributed by atoms with Gasteiger partial charge in [0.2, 0.25) is 0 Å². The number of likely N-dealkylation sites (tertiary alicyclic amines) is 1. The van der Waals surface area contributed by atoms with E-state index in [0.717, 1.165) is 25.2 Å². The lowest BCUT2D eigenvalue weighted by Crippen LogP contribution is -2.43. The Morgan fingerprint density at radius 3 is 2.11 bits per heavy atom. The van der Waals surface area contributed by atoms with Crippen LogP contribution >= 0.6 is 0 Å². The molecule has 1 aromatic rings. The second kappa shape index (κ2) is 4.36. The molecule has 1 aliphatic rings. The molecule has 4 nitrogen and oxygen atoms in total. The molecule has 1 aliphatic heterocycles. The van der Waals surface area contributed by atoms with Gasteiger partial charge in [-0.3, -0.25) is 4.79 Å². The first kappa shape index (κ1) is 14.1. The first-order chi connectivity index (χ1) is 8.62. The second-order valence-electron chi connectivity index (χ2n) is 7.38. The van der Waals surface area contributed by atoms with E-state index in [9.17, 15) is 4.79 Å². The summed E-state index contributed by atoms with van der Waals surface area (Å²) < 4.78 is 2.14. The van der Waals surface area contributed by atoms with Gasteiger partial charge in [0.05, 0.1) is 12.0 Å². The van der Waals surface area contributed by atoms with Gasteiger partial charge in [0, 0.05) is 24.0 Å². The summed E-state index contributed by atoms with van der Waals surface area (Å²) in [7, 11) is 0. The van der Waals surface area contributed by atoms with Gasteiger partial charge in [0.15, 0.2) is 0 Å². The van der Waals surface area contributed by atoms with Crippen LogP contribution in [0.25, 0.3) is 0 Å². The molecule has 0 radical (unpaired) electrons. The molecular weight excluding hydrogens is 238 g/mol. The smallest absolute Gasteiger partial charge is 0.274 e. The third-order valence-electron chi connectivity index (χ3n) is 3.55. The van der Waals surface area contributed by atoms with Gasteiger partial charge in [-0.15, -0.1) is 0 Å². The fraction of sp³-hybridized carbons (Fsp3) is 0.733. The summed E-state index contributed by atoms with van der Waals surface area (Å²) in [6.07, 6.45) is 2.92. The Morgan fingerprint density at radius 1 is 1.16 bits per heavy atom. The third-order valence-corrected chi connectivity index (χ3v) is 3.55. The van der Waals surface area contributed by atoms with Crippen LogP contribution < -0.4 is 0 Å². The fourth-order valence-electron chi connectivity index (χ4n) is 2.40. The number of nitrogens with zero attached hydrogens (tertiary/aromatic N) is 3. The number of carbonyl (C=O) groups is 1. The predicted molar refractivity (Wildman–Crippen MR) is 76.4 cm³/mol. The Morgan fingerprint density at radius 2 is 1.74 bits per heavy atom. The van der Waals surface area contributed by atoms with E-state index in [-0.39, 0.29) is 16.9 Å². The number of aromatic nitrogens is 2. The maximum Gasteiger partial charge on any atom is 0.274 e. The average molecular weight is 263 g/mol. The minimum atomic E-state index is -0.0976. The van der Waals surface area contributed by atoms with Crippen LogP contribution in [0.3, 0.4) is 0 Å². The summed E-state index contributed by atoms with van der Waals surface area (Å²) in [5.74, 6) is 0.0826. The minimum Gasteiger partial charge on any atom is -0.337 e. The highest BCUT2D eigenvalue weighted by molar-refractivity contribution is 5.94. The summed E-state index contributed by atoms with van der Waals surface area (Å²) in [5.41, 5.74) is 1.50. The van der Waals surface area contributed by atoms with Gasteiger partial charge < -0.3 is 9.47 Å². The molecule has 0 unspecified atom stereocenters. The standard InChI is InChI=1S/C15H25N3O/c1-14(2,3)12-11(13(19)17-8-7-9-17)16-10-18(12)15(4,5)6/h10H,7-9H2,1-6H3. The highest BCUT2D eigenvalue weighted by atomic mass is 16.2. The van der Waals surface area contributed by atoms with Crippen molar-refractivity contribution in [1.82, 2.24) is 14.5 Å². The van der Waals surface area contributed by atoms with Gasteiger partial charge in [-0.25, -0.2) is 4.98 Å². The fourth-order valence-corrected chi connectivity index (χ4v) is 2.40. The zero-order chi connectivity index (χ0) is 14.4. The molecule has 1 fully saturated rings. The van der Waals surface area contributed by atoms with Gasteiger partial charge in [-0.1, -0.05) is 20.8 Å². The Balaban J connectivity index is 2.50. The molecule has 0 spiro atoms. The highest BCUT2D eigenvalue weighted by Gasteiger charge is 2.34. The van der Waals surface area contributed by atoms with E-state index in [0.29, 0.717) is 5.69 Å². The largest absolute Gasteiger partial charge is 0.337 e. The van der Waals surface area contributed by atoms with Crippen LogP contribution in [0.1, 0.15) is 64.1 Å². The molecule has 1 saturated heterocycles. The lowest BCUT2D eigenvalue weighted by Gasteiger charge is -2.33. The Labute approximate surface area is 115 Å². The van der Waals surface area contributed by atoms with Crippen molar-refractivity contribution in [2.24, 2.45) is 0 Å². The first-order valence-corrected chi connectivity index (χ1v) is 7.00. The summed E-state index contributed by atoms with van der Waals surface area (Å²) in [6.45, 7) is 14.6. The van der Waals surface area contributed by atoms with Crippen LogP contribution in [0.2, 0.25) is 0 Å². The van der Waals surface area contributed by atoms with Crippen LogP contribution in [0.15, 0.2) is 6.33 Å². The lowest BCUT2D eigenvalue weighted by molar-refractivity contribution is 0.0643. The van der Waals surface area contributed by atoms with E-state index in [1.165, 1.54) is 0 Å². The van der Waals surface area contributed by atoms with Crippen molar-refractivity contribution in [3.8, 4) is 0 Å². The number of carbonyl (C=O) groups excluding carboxylic acids is 1. The highest BCUT2D eigenvalue weighted by Crippen LogP contribution is 2.31. The molecule has 0 aliphatic carbocycles. The van der Waals surface area contributed by atoms with Crippen LogP contribution in [-0.2, 0) is 11.0 Å². The topological polar surface area (TPSA) is 38.1 Å². The zero-order valence-corrected chi connectivity index (χ0v) is 12.9. The Kier molecular flexibility index (Phi) is 3.23. The molecule has 1 aromatic heterocycles. The molecule has 0 atom stereocenters. The summed E-state index contributed by atoms with van der Waals surface area (Å²) in [5, 5.41) is 0. The monoisotopic (exact) mass is 263 g/mol. The Bertz CT molecular complexity index is 484. The van der Waals surface area contributed by atoms with Crippen LogP contribution in [0.5, 0.6) is 0 Å². The van der Waals surface area contributed by atoms with Crippen LogP contribution in [0, 0.1) is 0 Å². The predicted octanol–water partition coefficient (Wildman–Crippen LogP) is 2.78. The minimum absolute atomic E-state index is 0.0664. The van der Waals surface area contributed by atoms with Crippen molar-refractivity contribution in [3.63, 3.8) is 0 Å². The number of rotatable bonds is 1. The van der Waals surface area contributed by atoms with Crippen molar-refractivity contribution in [2.45, 2.75) is 58.9 Å². The van der Waals surface area contributed by atoms with E-state index in [1.807, 2.05) is 11.2 Å². The molecule has 0 bridgehead atoms. The van der Waals surface area contributed by atoms with E-state index in [2.05, 4.69) is 51.1 Å². The summed E-state index contributed by atoms with van der Waals surface area (Å²) in [6, 6.07) is 0. The quantitative estimate of drug-likeness (QED) is 0.781. The number of hydrogen-bond acceptors (Lipinski definition) is 2. The SMILES string of the molecule is CC(C)(C)c1c(C(=O)N2CCC2)ncn1C(C)(C)C. The third kappa shape index (κ3) is 2.53. The second-order valence-corrected chi connectivity index (χ2v) is 7.38. The van der Waals surface area contributed by atoms with Crippen molar-refractivity contribution in [2.75, 3.05) is 13.1 Å². The van der Waals surface area contributed by atoms with Crippen molar-refractivity contribution < 1.29 is 4.79 Å². The summed E-state index contributed by atoms with van der Waals surface area (Å²) in [4.78, 5) is 18.8. The van der Waals surface area contributed by atoms with Gasteiger partial charge in [-0.2, -0.15) is 0 Å². The van der Waals surface area contributed by atoms with E-state index < -0.39 is 0 Å². The van der Waals surface area contributed by atoms with Crippen molar-refractivity contribution in [1.29, 1.82) is 0 Å². The lowest BCUT2D eigenvalue weighted by atomic mass is 9.88. The van der Waals surface area contributed by atoms with E-state index in [4.69, 9.17) is 0 Å². The molecule has 106 valence electrons. The molecule has 19 heavy (non-hydrogen) atoms. The van der Waals surface area contributed by atoms with E-state index >= 15 is 0 Å². The maximum atomic E-state index is 12.5. The first-order valence-electron chi connectivity index (χ1n) is 7.00. The molecule has 2 heterocycles. The van der Waals surface area contributed by atoms with Gasteiger partial charge >= 0.3 is 0 Å². The van der Waals surface area contributed by atoms with Crippen molar-refractivity contribution in [3.05, 3.63) is 17.7 Å². The van der Waals surface area contributed by atoms with Crippen LogP contribution in [0.4, 0.5) is 0 Å². The van der Waals surface area contributed by atoms with Gasteiger partial charge in [-0.05, 0) is 27.2 Å². The molecule has 0 N–H and O–H groups in total. The van der Waals surface area contributed by atoms with Crippen LogP contribution in [-0.4, -0.2) is 33.4 Å².